The van der Waals surface area contributed by atoms with E-state index in [0.29, 0.717) is 29.8 Å². The van der Waals surface area contributed by atoms with Gasteiger partial charge in [0, 0.05) is 24.2 Å². The van der Waals surface area contributed by atoms with Gasteiger partial charge in [-0.05, 0) is 49.1 Å². The highest BCUT2D eigenvalue weighted by Gasteiger charge is 2.33. The number of hydrogen-bond donors (Lipinski definition) is 0. The summed E-state index contributed by atoms with van der Waals surface area (Å²) in [7, 11) is 0.125. The van der Waals surface area contributed by atoms with Crippen LogP contribution < -0.4 is 18.5 Å². The summed E-state index contributed by atoms with van der Waals surface area (Å²) in [6.07, 6.45) is 1.93. The van der Waals surface area contributed by atoms with Crippen molar-refractivity contribution in [3.05, 3.63) is 41.4 Å². The summed E-state index contributed by atoms with van der Waals surface area (Å²) in [6, 6.07) is 8.93. The molecular formula is C23H29ClN2O6S. The molecule has 1 saturated heterocycles. The molecule has 0 bridgehead atoms. The van der Waals surface area contributed by atoms with Crippen molar-refractivity contribution in [2.24, 2.45) is 5.92 Å². The van der Waals surface area contributed by atoms with Crippen LogP contribution in [0.15, 0.2) is 41.3 Å². The molecule has 1 fully saturated rings. The first-order chi connectivity index (χ1) is 15.7. The zero-order valence-electron chi connectivity index (χ0n) is 19.2. The first kappa shape index (κ1) is 25.0. The van der Waals surface area contributed by atoms with Crippen LogP contribution in [0.4, 0.5) is 5.69 Å². The summed E-state index contributed by atoms with van der Waals surface area (Å²) in [6.45, 7) is 2.88. The van der Waals surface area contributed by atoms with Crippen LogP contribution in [0.1, 0.15) is 19.8 Å². The second kappa shape index (κ2) is 10.5. The minimum absolute atomic E-state index is 0.0537. The predicted molar refractivity (Wildman–Crippen MR) is 127 cm³/mol. The van der Waals surface area contributed by atoms with Crippen LogP contribution in [0.5, 0.6) is 17.2 Å². The Morgan fingerprint density at radius 1 is 1.06 bits per heavy atom. The highest BCUT2D eigenvalue weighted by Crippen LogP contribution is 2.37. The summed E-state index contributed by atoms with van der Waals surface area (Å²) in [4.78, 5) is 14.9. The van der Waals surface area contributed by atoms with E-state index in [0.717, 1.165) is 17.1 Å². The van der Waals surface area contributed by atoms with Gasteiger partial charge in [0.05, 0.1) is 31.9 Å². The Bertz CT molecular complexity index is 1110. The van der Waals surface area contributed by atoms with E-state index in [-0.39, 0.29) is 34.5 Å². The number of methoxy groups -OCH3 is 3. The second-order valence-corrected chi connectivity index (χ2v) is 10.2. The van der Waals surface area contributed by atoms with Crippen molar-refractivity contribution in [1.29, 1.82) is 0 Å². The number of hydrogen-bond acceptors (Lipinski definition) is 6. The molecule has 1 heterocycles. The van der Waals surface area contributed by atoms with Crippen LogP contribution in [0.2, 0.25) is 5.02 Å². The molecule has 8 nitrogen and oxygen atoms in total. The van der Waals surface area contributed by atoms with Gasteiger partial charge in [0.2, 0.25) is 5.91 Å². The quantitative estimate of drug-likeness (QED) is 0.552. The molecule has 2 aromatic rings. The SMILES string of the molecule is COc1ccc(S(=O)(=O)N(CC(=O)N2CCC[C@@H](C)C2)c2cc(Cl)ccc2OC)cc1OC. The van der Waals surface area contributed by atoms with E-state index in [1.54, 1.807) is 17.0 Å². The molecule has 0 radical (unpaired) electrons. The molecular weight excluding hydrogens is 468 g/mol. The van der Waals surface area contributed by atoms with E-state index >= 15 is 0 Å². The molecule has 10 heteroatoms. The lowest BCUT2D eigenvalue weighted by molar-refractivity contribution is -0.131. The minimum atomic E-state index is -4.20. The second-order valence-electron chi connectivity index (χ2n) is 7.93. The number of rotatable bonds is 8. The molecule has 0 aliphatic carbocycles. The van der Waals surface area contributed by atoms with Crippen molar-refractivity contribution in [2.75, 3.05) is 45.3 Å². The van der Waals surface area contributed by atoms with E-state index in [4.69, 9.17) is 25.8 Å². The predicted octanol–water partition coefficient (Wildman–Crippen LogP) is 3.82. The summed E-state index contributed by atoms with van der Waals surface area (Å²) >= 11 is 6.20. The first-order valence-corrected chi connectivity index (χ1v) is 12.4. The summed E-state index contributed by atoms with van der Waals surface area (Å²) in [5.41, 5.74) is 0.179. The number of amides is 1. The largest absolute Gasteiger partial charge is 0.495 e. The number of ether oxygens (including phenoxy) is 3. The van der Waals surface area contributed by atoms with Gasteiger partial charge in [-0.15, -0.1) is 0 Å². The molecule has 3 rings (SSSR count). The molecule has 1 aliphatic heterocycles. The number of carbonyl (C=O) groups excluding carboxylic acids is 1. The van der Waals surface area contributed by atoms with Crippen LogP contribution in [0.25, 0.3) is 0 Å². The lowest BCUT2D eigenvalue weighted by Gasteiger charge is -2.33. The van der Waals surface area contributed by atoms with Gasteiger partial charge < -0.3 is 19.1 Å². The molecule has 2 aromatic carbocycles. The summed E-state index contributed by atoms with van der Waals surface area (Å²) in [5.74, 6) is 1.00. The van der Waals surface area contributed by atoms with E-state index in [9.17, 15) is 13.2 Å². The van der Waals surface area contributed by atoms with E-state index in [1.165, 1.54) is 45.6 Å². The monoisotopic (exact) mass is 496 g/mol. The van der Waals surface area contributed by atoms with Gasteiger partial charge in [0.15, 0.2) is 11.5 Å². The summed E-state index contributed by atoms with van der Waals surface area (Å²) in [5, 5.41) is 0.317. The van der Waals surface area contributed by atoms with Crippen molar-refractivity contribution in [3.63, 3.8) is 0 Å². The van der Waals surface area contributed by atoms with Gasteiger partial charge in [-0.1, -0.05) is 18.5 Å². The van der Waals surface area contributed by atoms with Gasteiger partial charge in [-0.3, -0.25) is 9.10 Å². The lowest BCUT2D eigenvalue weighted by atomic mass is 10.0. The average Bonchev–Trinajstić information content (AvgIpc) is 2.81. The number of carbonyl (C=O) groups is 1. The zero-order chi connectivity index (χ0) is 24.2. The maximum atomic E-state index is 13.8. The van der Waals surface area contributed by atoms with E-state index in [2.05, 4.69) is 6.92 Å². The Balaban J connectivity index is 2.08. The molecule has 1 atom stereocenters. The molecule has 0 spiro atoms. The Morgan fingerprint density at radius 3 is 2.36 bits per heavy atom. The molecule has 0 N–H and O–H groups in total. The van der Waals surface area contributed by atoms with Gasteiger partial charge in [0.25, 0.3) is 10.0 Å². The third-order valence-corrected chi connectivity index (χ3v) is 7.63. The van der Waals surface area contributed by atoms with Gasteiger partial charge in [0.1, 0.15) is 12.3 Å². The Kier molecular flexibility index (Phi) is 7.97. The average molecular weight is 497 g/mol. The molecule has 1 amide bonds. The fraction of sp³-hybridized carbons (Fsp3) is 0.435. The minimum Gasteiger partial charge on any atom is -0.495 e. The van der Waals surface area contributed by atoms with Crippen LogP contribution >= 0.6 is 11.6 Å². The fourth-order valence-electron chi connectivity index (χ4n) is 3.90. The highest BCUT2D eigenvalue weighted by molar-refractivity contribution is 7.92. The van der Waals surface area contributed by atoms with Crippen LogP contribution in [0.3, 0.4) is 0 Å². The molecule has 180 valence electrons. The first-order valence-electron chi connectivity index (χ1n) is 10.6. The molecule has 1 aliphatic rings. The van der Waals surface area contributed by atoms with Gasteiger partial charge in [-0.25, -0.2) is 8.42 Å². The topological polar surface area (TPSA) is 85.4 Å². The van der Waals surface area contributed by atoms with E-state index < -0.39 is 10.0 Å². The normalized spacial score (nSPS) is 16.3. The maximum Gasteiger partial charge on any atom is 0.265 e. The zero-order valence-corrected chi connectivity index (χ0v) is 20.8. The van der Waals surface area contributed by atoms with E-state index in [1.807, 2.05) is 0 Å². The van der Waals surface area contributed by atoms with Crippen molar-refractivity contribution >= 4 is 33.2 Å². The molecule has 0 aromatic heterocycles. The Labute approximate surface area is 200 Å². The van der Waals surface area contributed by atoms with Crippen LogP contribution in [-0.4, -0.2) is 60.2 Å². The fourth-order valence-corrected chi connectivity index (χ4v) is 5.50. The third kappa shape index (κ3) is 5.47. The number of halogens is 1. The van der Waals surface area contributed by atoms with Crippen LogP contribution in [-0.2, 0) is 14.8 Å². The number of anilines is 1. The lowest BCUT2D eigenvalue weighted by Crippen LogP contribution is -2.46. The molecule has 0 unspecified atom stereocenters. The number of piperidine rings is 1. The van der Waals surface area contributed by atoms with Crippen molar-refractivity contribution < 1.29 is 27.4 Å². The Morgan fingerprint density at radius 2 is 1.73 bits per heavy atom. The highest BCUT2D eigenvalue weighted by atomic mass is 35.5. The standard InChI is InChI=1S/C23H29ClN2O6S/c1-16-6-5-11-25(14-16)23(27)15-26(19-12-17(24)7-9-20(19)30-2)33(28,29)18-8-10-21(31-3)22(13-18)32-4/h7-10,12-13,16H,5-6,11,14-15H2,1-4H3/t16-/m1/s1. The Hall–Kier alpha value is -2.65. The van der Waals surface area contributed by atoms with Crippen LogP contribution in [0, 0.1) is 5.92 Å². The molecule has 0 saturated carbocycles. The number of benzene rings is 2. The van der Waals surface area contributed by atoms with Crippen molar-refractivity contribution in [2.45, 2.75) is 24.7 Å². The van der Waals surface area contributed by atoms with Gasteiger partial charge in [-0.2, -0.15) is 0 Å². The van der Waals surface area contributed by atoms with Crippen molar-refractivity contribution in [1.82, 2.24) is 4.90 Å². The maximum absolute atomic E-state index is 13.8. The number of sulfonamides is 1. The van der Waals surface area contributed by atoms with Gasteiger partial charge >= 0.3 is 0 Å². The summed E-state index contributed by atoms with van der Waals surface area (Å²) < 4.78 is 44.6. The number of likely N-dealkylation sites (tertiary alicyclic amines) is 1. The number of nitrogens with zero attached hydrogens (tertiary/aromatic N) is 2. The van der Waals surface area contributed by atoms with Crippen molar-refractivity contribution in [3.8, 4) is 17.2 Å². The molecule has 33 heavy (non-hydrogen) atoms. The smallest absolute Gasteiger partial charge is 0.265 e. The third-order valence-electron chi connectivity index (χ3n) is 5.64.